The number of hydrogen-bond acceptors (Lipinski definition) is 8. The lowest BCUT2D eigenvalue weighted by molar-refractivity contribution is -0.132. The Labute approximate surface area is 303 Å². The Morgan fingerprint density at radius 2 is 1.29 bits per heavy atom. The van der Waals surface area contributed by atoms with Crippen LogP contribution in [0.3, 0.4) is 0 Å². The highest BCUT2D eigenvalue weighted by atomic mass is 16.2. The van der Waals surface area contributed by atoms with E-state index in [1.54, 1.807) is 0 Å². The normalized spacial score (nSPS) is 20.2. The molecule has 52 heavy (non-hydrogen) atoms. The van der Waals surface area contributed by atoms with Gasteiger partial charge < -0.3 is 19.8 Å². The monoisotopic (exact) mass is 696 g/mol. The lowest BCUT2D eigenvalue weighted by Crippen LogP contribution is -2.52. The Bertz CT molecular complexity index is 2060. The lowest BCUT2D eigenvalue weighted by Gasteiger charge is -2.39. The standard InChI is InChI=1S/C40H44N10O2/c1-27-28(2)50(44-24-32(27)34-26-42-40(46-34)36-16-10-19-48(36)38(52)22-30-13-7-4-8-14-30)49-20-17-31(23-43-49)33-25-41-39(45-33)35-15-9-18-47(35)37(51)21-29-11-5-3-6-12-29/h3-8,11-14,17,20,23-26,35-36,43-44H,9-10,15-16,18-19,21-22H2,1-2H3,(H,41,45)(H,42,46)/t35?,36-/m0/s1. The second-order valence-corrected chi connectivity index (χ2v) is 13.8. The number of imidazole rings is 2. The summed E-state index contributed by atoms with van der Waals surface area (Å²) in [4.78, 5) is 46.8. The Morgan fingerprint density at radius 1 is 0.731 bits per heavy atom. The van der Waals surface area contributed by atoms with Crippen LogP contribution in [-0.4, -0.2) is 64.9 Å². The van der Waals surface area contributed by atoms with E-state index in [9.17, 15) is 9.59 Å². The van der Waals surface area contributed by atoms with Crippen LogP contribution in [-0.2, 0) is 22.4 Å². The molecule has 2 saturated heterocycles. The van der Waals surface area contributed by atoms with E-state index in [0.29, 0.717) is 12.8 Å². The number of nitrogens with one attached hydrogen (secondary N) is 4. The maximum absolute atomic E-state index is 13.2. The number of allylic oxidation sites excluding steroid dienone is 5. The molecule has 0 bridgehead atoms. The SMILES string of the molecule is CC1=C(C)N(N2C=CC(c3cnc(C4CCCN4C(=O)Cc4ccccc4)[nH]3)=CN2)NC=C1c1cnc([C@@H]2CCCN2C(=O)Cc2ccccc2)[nH]1. The summed E-state index contributed by atoms with van der Waals surface area (Å²) in [5.41, 5.74) is 14.7. The number of hydrazine groups is 3. The number of rotatable bonds is 9. The number of carbonyl (C=O) groups excluding carboxylic acids is 2. The van der Waals surface area contributed by atoms with E-state index in [2.05, 4.69) is 34.7 Å². The van der Waals surface area contributed by atoms with Crippen molar-refractivity contribution in [3.63, 3.8) is 0 Å². The van der Waals surface area contributed by atoms with Crippen molar-refractivity contribution in [1.82, 2.24) is 50.8 Å². The van der Waals surface area contributed by atoms with Gasteiger partial charge in [0.25, 0.3) is 0 Å². The molecule has 2 aromatic heterocycles. The Kier molecular flexibility index (Phi) is 9.11. The first kappa shape index (κ1) is 33.1. The zero-order chi connectivity index (χ0) is 35.6. The highest BCUT2D eigenvalue weighted by Gasteiger charge is 2.34. The molecule has 0 radical (unpaired) electrons. The fraction of sp³-hybridized carbons (Fsp3) is 0.300. The van der Waals surface area contributed by atoms with E-state index in [0.717, 1.165) is 95.4 Å². The molecule has 266 valence electrons. The molecule has 1 unspecified atom stereocenters. The summed E-state index contributed by atoms with van der Waals surface area (Å²) >= 11 is 0. The van der Waals surface area contributed by atoms with Gasteiger partial charge in [0.1, 0.15) is 11.6 Å². The maximum Gasteiger partial charge on any atom is 0.227 e. The highest BCUT2D eigenvalue weighted by molar-refractivity contribution is 5.81. The topological polar surface area (TPSA) is 129 Å². The Morgan fingerprint density at radius 3 is 1.85 bits per heavy atom. The number of carbonyl (C=O) groups is 2. The van der Waals surface area contributed by atoms with Crippen LogP contribution in [0.2, 0.25) is 0 Å². The molecule has 6 heterocycles. The first-order chi connectivity index (χ1) is 25.4. The smallest absolute Gasteiger partial charge is 0.227 e. The zero-order valence-corrected chi connectivity index (χ0v) is 29.5. The molecule has 0 aliphatic carbocycles. The van der Waals surface area contributed by atoms with E-state index < -0.39 is 0 Å². The first-order valence-corrected chi connectivity index (χ1v) is 18.1. The fourth-order valence-electron chi connectivity index (χ4n) is 7.60. The molecule has 2 amide bonds. The molecule has 0 saturated carbocycles. The predicted molar refractivity (Wildman–Crippen MR) is 198 cm³/mol. The van der Waals surface area contributed by atoms with E-state index in [1.165, 1.54) is 0 Å². The molecule has 2 aromatic carbocycles. The number of aromatic amines is 2. The molecule has 4 aromatic rings. The summed E-state index contributed by atoms with van der Waals surface area (Å²) in [5.74, 6) is 1.90. The minimum atomic E-state index is -0.0576. The number of amides is 2. The fourth-order valence-corrected chi connectivity index (χ4v) is 7.60. The highest BCUT2D eigenvalue weighted by Crippen LogP contribution is 2.35. The molecule has 0 spiro atoms. The summed E-state index contributed by atoms with van der Waals surface area (Å²) in [7, 11) is 0. The van der Waals surface area contributed by atoms with Crippen molar-refractivity contribution in [2.75, 3.05) is 13.1 Å². The molecular formula is C40H44N10O2. The Hall–Kier alpha value is -6.04. The van der Waals surface area contributed by atoms with Crippen molar-refractivity contribution in [2.24, 2.45) is 0 Å². The van der Waals surface area contributed by atoms with Gasteiger partial charge in [-0.25, -0.2) is 9.97 Å². The van der Waals surface area contributed by atoms with Crippen LogP contribution in [0.5, 0.6) is 0 Å². The molecule has 2 atom stereocenters. The number of H-pyrrole nitrogens is 2. The van der Waals surface area contributed by atoms with Gasteiger partial charge in [0.15, 0.2) is 0 Å². The quantitative estimate of drug-likeness (QED) is 0.176. The Balaban J connectivity index is 0.894. The summed E-state index contributed by atoms with van der Waals surface area (Å²) < 4.78 is 0. The molecule has 12 nitrogen and oxygen atoms in total. The van der Waals surface area contributed by atoms with Crippen LogP contribution in [0.4, 0.5) is 0 Å². The minimum Gasteiger partial charge on any atom is -0.340 e. The van der Waals surface area contributed by atoms with Gasteiger partial charge in [-0.05, 0) is 62.3 Å². The number of likely N-dealkylation sites (tertiary alicyclic amines) is 2. The predicted octanol–water partition coefficient (Wildman–Crippen LogP) is 5.69. The second-order valence-electron chi connectivity index (χ2n) is 13.8. The average Bonchev–Trinajstić information content (AvgIpc) is 4.01. The van der Waals surface area contributed by atoms with Crippen LogP contribution in [0.1, 0.15) is 85.8 Å². The van der Waals surface area contributed by atoms with Crippen LogP contribution >= 0.6 is 0 Å². The van der Waals surface area contributed by atoms with E-state index >= 15 is 0 Å². The summed E-state index contributed by atoms with van der Waals surface area (Å²) in [6.07, 6.45) is 16.1. The maximum atomic E-state index is 13.2. The summed E-state index contributed by atoms with van der Waals surface area (Å²) in [6.45, 7) is 5.65. The average molecular weight is 697 g/mol. The largest absolute Gasteiger partial charge is 0.340 e. The number of aromatic nitrogens is 4. The minimum absolute atomic E-state index is 0.0536. The molecule has 8 rings (SSSR count). The van der Waals surface area contributed by atoms with Gasteiger partial charge in [-0.2, -0.15) is 10.2 Å². The number of nitrogens with zero attached hydrogens (tertiary/aromatic N) is 6. The van der Waals surface area contributed by atoms with Crippen molar-refractivity contribution < 1.29 is 9.59 Å². The van der Waals surface area contributed by atoms with Gasteiger partial charge >= 0.3 is 0 Å². The van der Waals surface area contributed by atoms with Gasteiger partial charge in [0, 0.05) is 42.8 Å². The molecule has 4 aliphatic rings. The summed E-state index contributed by atoms with van der Waals surface area (Å²) in [6, 6.07) is 19.7. The molecule has 4 aliphatic heterocycles. The van der Waals surface area contributed by atoms with Gasteiger partial charge in [-0.1, -0.05) is 60.7 Å². The van der Waals surface area contributed by atoms with E-state index in [1.807, 2.05) is 118 Å². The van der Waals surface area contributed by atoms with E-state index in [4.69, 9.17) is 9.97 Å². The number of hydrogen-bond donors (Lipinski definition) is 4. The third-order valence-corrected chi connectivity index (χ3v) is 10.5. The second kappa shape index (κ2) is 14.3. The van der Waals surface area contributed by atoms with Crippen molar-refractivity contribution in [3.05, 3.63) is 143 Å². The third kappa shape index (κ3) is 6.59. The van der Waals surface area contributed by atoms with Crippen molar-refractivity contribution in [3.8, 4) is 0 Å². The van der Waals surface area contributed by atoms with Gasteiger partial charge in [0.2, 0.25) is 11.8 Å². The van der Waals surface area contributed by atoms with Gasteiger partial charge in [-0.3, -0.25) is 20.4 Å². The molecular weight excluding hydrogens is 653 g/mol. The van der Waals surface area contributed by atoms with Crippen molar-refractivity contribution in [1.29, 1.82) is 0 Å². The number of benzene rings is 2. The van der Waals surface area contributed by atoms with Gasteiger partial charge in [-0.15, -0.1) is 0 Å². The van der Waals surface area contributed by atoms with Crippen molar-refractivity contribution >= 4 is 23.0 Å². The van der Waals surface area contributed by atoms with Crippen LogP contribution in [0, 0.1) is 0 Å². The molecule has 4 N–H and O–H groups in total. The zero-order valence-electron chi connectivity index (χ0n) is 29.5. The third-order valence-electron chi connectivity index (χ3n) is 10.5. The molecule has 2 fully saturated rings. The van der Waals surface area contributed by atoms with Crippen molar-refractivity contribution in [2.45, 2.75) is 64.5 Å². The first-order valence-electron chi connectivity index (χ1n) is 18.1. The van der Waals surface area contributed by atoms with Crippen LogP contribution in [0.25, 0.3) is 11.1 Å². The van der Waals surface area contributed by atoms with Crippen LogP contribution in [0.15, 0.2) is 109 Å². The summed E-state index contributed by atoms with van der Waals surface area (Å²) in [5, 5.41) is 3.81. The van der Waals surface area contributed by atoms with Gasteiger partial charge in [0.05, 0.1) is 54.4 Å². The molecule has 12 heteroatoms. The van der Waals surface area contributed by atoms with Crippen LogP contribution < -0.4 is 10.9 Å². The lowest BCUT2D eigenvalue weighted by atomic mass is 10.0. The van der Waals surface area contributed by atoms with E-state index in [-0.39, 0.29) is 23.9 Å².